The molecule has 24 heavy (non-hydrogen) atoms. The van der Waals surface area contributed by atoms with E-state index >= 15 is 0 Å². The summed E-state index contributed by atoms with van der Waals surface area (Å²) in [6.45, 7) is 7.31. The second kappa shape index (κ2) is 14.5. The normalized spacial score (nSPS) is 16.6. The van der Waals surface area contributed by atoms with Crippen LogP contribution in [0.3, 0.4) is 0 Å². The van der Waals surface area contributed by atoms with Crippen LogP contribution in [0.2, 0.25) is 0 Å². The van der Waals surface area contributed by atoms with E-state index in [0.717, 1.165) is 25.7 Å². The Hall–Kier alpha value is 0.310. The van der Waals surface area contributed by atoms with Crippen molar-refractivity contribution in [3.63, 3.8) is 0 Å². The predicted octanol–water partition coefficient (Wildman–Crippen LogP) is 4.43. The maximum absolute atomic E-state index is 5.96. The van der Waals surface area contributed by atoms with Crippen LogP contribution in [-0.4, -0.2) is 49.8 Å². The van der Waals surface area contributed by atoms with Crippen LogP contribution in [0, 0.1) is 0 Å². The number of hydrogen-bond acceptors (Lipinski definition) is 3. The molecular formula is C18H38IN3OS. The maximum Gasteiger partial charge on any atom is 0.191 e. The average Bonchev–Trinajstić information content (AvgIpc) is 2.57. The van der Waals surface area contributed by atoms with E-state index in [9.17, 15) is 0 Å². The monoisotopic (exact) mass is 471 g/mol. The highest BCUT2D eigenvalue weighted by Gasteiger charge is 2.16. The van der Waals surface area contributed by atoms with Crippen molar-refractivity contribution in [2.24, 2.45) is 4.99 Å². The van der Waals surface area contributed by atoms with Gasteiger partial charge in [-0.3, -0.25) is 4.99 Å². The fraction of sp³-hybridized carbons (Fsp3) is 0.944. The van der Waals surface area contributed by atoms with Crippen LogP contribution in [0.15, 0.2) is 4.99 Å². The van der Waals surface area contributed by atoms with Crippen molar-refractivity contribution < 1.29 is 4.74 Å². The second-order valence-electron chi connectivity index (χ2n) is 7.01. The molecule has 1 fully saturated rings. The summed E-state index contributed by atoms with van der Waals surface area (Å²) >= 11 is 1.87. The molecule has 1 saturated carbocycles. The lowest BCUT2D eigenvalue weighted by molar-refractivity contribution is 0.0264. The largest absolute Gasteiger partial charge is 0.378 e. The highest BCUT2D eigenvalue weighted by Crippen LogP contribution is 2.20. The number of aliphatic imine (C=N–C) groups is 1. The van der Waals surface area contributed by atoms with E-state index in [1.165, 1.54) is 51.4 Å². The van der Waals surface area contributed by atoms with Gasteiger partial charge >= 0.3 is 0 Å². The molecule has 144 valence electrons. The summed E-state index contributed by atoms with van der Waals surface area (Å²) in [6, 6.07) is 0. The SMILES string of the molecule is CN=C(NCCCCCOC1CCCCC1)NCC(C)(C)SC.I. The lowest BCUT2D eigenvalue weighted by atomic mass is 9.98. The topological polar surface area (TPSA) is 45.7 Å². The van der Waals surface area contributed by atoms with E-state index in [1.807, 2.05) is 18.8 Å². The third-order valence-corrected chi connectivity index (χ3v) is 5.73. The number of thioether (sulfide) groups is 1. The molecule has 1 rings (SSSR count). The number of guanidine groups is 1. The molecule has 0 aliphatic heterocycles. The zero-order chi connectivity index (χ0) is 17.0. The van der Waals surface area contributed by atoms with Gasteiger partial charge in [0, 0.05) is 31.5 Å². The molecule has 4 nitrogen and oxygen atoms in total. The molecule has 0 heterocycles. The van der Waals surface area contributed by atoms with Crippen molar-refractivity contribution in [2.45, 2.75) is 76.1 Å². The molecule has 0 unspecified atom stereocenters. The van der Waals surface area contributed by atoms with Gasteiger partial charge in [-0.2, -0.15) is 11.8 Å². The number of hydrogen-bond donors (Lipinski definition) is 2. The third kappa shape index (κ3) is 11.8. The Kier molecular flexibility index (Phi) is 14.7. The van der Waals surface area contributed by atoms with Crippen molar-refractivity contribution in [1.82, 2.24) is 10.6 Å². The Morgan fingerprint density at radius 1 is 1.12 bits per heavy atom. The number of halogens is 1. The summed E-state index contributed by atoms with van der Waals surface area (Å²) in [4.78, 5) is 4.28. The van der Waals surface area contributed by atoms with Crippen LogP contribution in [-0.2, 0) is 4.74 Å². The molecule has 0 aromatic heterocycles. The van der Waals surface area contributed by atoms with Gasteiger partial charge in [-0.15, -0.1) is 24.0 Å². The minimum absolute atomic E-state index is 0. The van der Waals surface area contributed by atoms with Crippen molar-refractivity contribution in [1.29, 1.82) is 0 Å². The van der Waals surface area contributed by atoms with Gasteiger partial charge in [0.25, 0.3) is 0 Å². The van der Waals surface area contributed by atoms with E-state index in [1.54, 1.807) is 0 Å². The number of nitrogens with zero attached hydrogens (tertiary/aromatic N) is 1. The fourth-order valence-corrected chi connectivity index (χ4v) is 2.90. The fourth-order valence-electron chi connectivity index (χ4n) is 2.68. The molecule has 1 aliphatic rings. The maximum atomic E-state index is 5.96. The molecule has 0 spiro atoms. The van der Waals surface area contributed by atoms with Gasteiger partial charge in [0.05, 0.1) is 6.10 Å². The summed E-state index contributed by atoms with van der Waals surface area (Å²) in [7, 11) is 1.83. The van der Waals surface area contributed by atoms with Crippen molar-refractivity contribution >= 4 is 41.7 Å². The van der Waals surface area contributed by atoms with Crippen molar-refractivity contribution in [3.8, 4) is 0 Å². The first kappa shape index (κ1) is 24.3. The first-order chi connectivity index (χ1) is 11.1. The van der Waals surface area contributed by atoms with Gasteiger partial charge in [0.15, 0.2) is 5.96 Å². The molecular weight excluding hydrogens is 433 g/mol. The lowest BCUT2D eigenvalue weighted by Crippen LogP contribution is -2.43. The van der Waals surface area contributed by atoms with Crippen molar-refractivity contribution in [3.05, 3.63) is 0 Å². The molecule has 0 radical (unpaired) electrons. The Morgan fingerprint density at radius 3 is 2.46 bits per heavy atom. The lowest BCUT2D eigenvalue weighted by Gasteiger charge is -2.23. The zero-order valence-corrected chi connectivity index (χ0v) is 19.2. The second-order valence-corrected chi connectivity index (χ2v) is 8.52. The average molecular weight is 471 g/mol. The van der Waals surface area contributed by atoms with Crippen LogP contribution >= 0.6 is 35.7 Å². The van der Waals surface area contributed by atoms with E-state index in [2.05, 4.69) is 35.7 Å². The van der Waals surface area contributed by atoms with E-state index in [0.29, 0.717) is 6.10 Å². The number of rotatable bonds is 10. The zero-order valence-electron chi connectivity index (χ0n) is 16.0. The molecule has 1 aliphatic carbocycles. The summed E-state index contributed by atoms with van der Waals surface area (Å²) in [5.41, 5.74) is 0. The summed E-state index contributed by atoms with van der Waals surface area (Å²) in [5, 5.41) is 6.79. The molecule has 0 saturated heterocycles. The summed E-state index contributed by atoms with van der Waals surface area (Å²) in [6.07, 6.45) is 12.9. The molecule has 0 bridgehead atoms. The van der Waals surface area contributed by atoms with Crippen LogP contribution in [0.1, 0.15) is 65.2 Å². The highest BCUT2D eigenvalue weighted by atomic mass is 127. The van der Waals surface area contributed by atoms with E-state index < -0.39 is 0 Å². The van der Waals surface area contributed by atoms with Crippen molar-refractivity contribution in [2.75, 3.05) is 33.0 Å². The van der Waals surface area contributed by atoms with Crippen LogP contribution in [0.4, 0.5) is 0 Å². The first-order valence-corrected chi connectivity index (χ1v) is 10.4. The molecule has 0 aromatic carbocycles. The Balaban J connectivity index is 0.00000529. The third-order valence-electron chi connectivity index (χ3n) is 4.48. The van der Waals surface area contributed by atoms with Gasteiger partial charge in [-0.1, -0.05) is 19.3 Å². The first-order valence-electron chi connectivity index (χ1n) is 9.18. The van der Waals surface area contributed by atoms with Gasteiger partial charge in [-0.25, -0.2) is 0 Å². The van der Waals surface area contributed by atoms with Gasteiger partial charge in [-0.05, 0) is 52.2 Å². The number of unbranched alkanes of at least 4 members (excludes halogenated alkanes) is 2. The highest BCUT2D eigenvalue weighted by molar-refractivity contribution is 14.0. The molecule has 0 atom stereocenters. The molecule has 6 heteroatoms. The quantitative estimate of drug-likeness (QED) is 0.214. The summed E-state index contributed by atoms with van der Waals surface area (Å²) in [5.74, 6) is 0.908. The standard InChI is InChI=1S/C18H37N3OS.HI/c1-18(2,23-4)15-21-17(19-3)20-13-9-6-10-14-22-16-11-7-5-8-12-16;/h16H,5-15H2,1-4H3,(H2,19,20,21);1H. The predicted molar refractivity (Wildman–Crippen MR) is 119 cm³/mol. The summed E-state index contributed by atoms with van der Waals surface area (Å²) < 4.78 is 6.19. The smallest absolute Gasteiger partial charge is 0.191 e. The molecule has 0 amide bonds. The Morgan fingerprint density at radius 2 is 1.83 bits per heavy atom. The van der Waals surface area contributed by atoms with Gasteiger partial charge < -0.3 is 15.4 Å². The van der Waals surface area contributed by atoms with Crippen LogP contribution in [0.25, 0.3) is 0 Å². The van der Waals surface area contributed by atoms with E-state index in [-0.39, 0.29) is 28.7 Å². The number of ether oxygens (including phenoxy) is 1. The minimum Gasteiger partial charge on any atom is -0.378 e. The van der Waals surface area contributed by atoms with Gasteiger partial charge in [0.2, 0.25) is 0 Å². The Labute approximate surface area is 170 Å². The number of nitrogens with one attached hydrogen (secondary N) is 2. The van der Waals surface area contributed by atoms with Crippen LogP contribution < -0.4 is 10.6 Å². The minimum atomic E-state index is 0. The molecule has 0 aromatic rings. The Bertz CT molecular complexity index is 334. The van der Waals surface area contributed by atoms with Crippen LogP contribution in [0.5, 0.6) is 0 Å². The van der Waals surface area contributed by atoms with E-state index in [4.69, 9.17) is 4.74 Å². The van der Waals surface area contributed by atoms with Gasteiger partial charge in [0.1, 0.15) is 0 Å². The molecule has 2 N–H and O–H groups in total.